The third kappa shape index (κ3) is 26.9. The fourth-order valence-corrected chi connectivity index (χ4v) is 11.6. The zero-order chi connectivity index (χ0) is 74.0. The monoisotopic (exact) mass is 1460 g/mol. The number of nitrogens with zero attached hydrogens (tertiary/aromatic N) is 13. The Hall–Kier alpha value is -10.3. The lowest BCUT2D eigenvalue weighted by Crippen LogP contribution is -2.57. The highest BCUT2D eigenvalue weighted by Gasteiger charge is 2.42. The normalized spacial score (nSPS) is 16.0. The number of nitrogens with one attached hydrogen (secondary N) is 6. The van der Waals surface area contributed by atoms with Crippen molar-refractivity contribution in [2.75, 3.05) is 98.1 Å². The van der Waals surface area contributed by atoms with E-state index in [2.05, 4.69) is 68.7 Å². The molecule has 0 spiro atoms. The first kappa shape index (κ1) is 81.7. The summed E-state index contributed by atoms with van der Waals surface area (Å²) in [5.74, 6) is -2.07. The van der Waals surface area contributed by atoms with Crippen LogP contribution in [0, 0.1) is 39.9 Å². The molecule has 0 aliphatic carbocycles. The second-order valence-electron chi connectivity index (χ2n) is 25.9. The van der Waals surface area contributed by atoms with Crippen LogP contribution in [0.15, 0.2) is 84.1 Å². The third-order valence-corrected chi connectivity index (χ3v) is 17.2. The quantitative estimate of drug-likeness (QED) is 0.0124. The van der Waals surface area contributed by atoms with Gasteiger partial charge in [0.15, 0.2) is 5.96 Å². The first-order valence-electron chi connectivity index (χ1n) is 33.9. The summed E-state index contributed by atoms with van der Waals surface area (Å²) >= 11 is 0. The van der Waals surface area contributed by atoms with E-state index in [1.165, 1.54) is 10.7 Å². The minimum absolute atomic E-state index is 0. The van der Waals surface area contributed by atoms with Gasteiger partial charge in [0.05, 0.1) is 29.8 Å². The number of aliphatic imine (C=N–C) groups is 1. The number of carbonyl (C=O) groups is 5. The number of hydrogen-bond acceptors (Lipinski definition) is 19. The summed E-state index contributed by atoms with van der Waals surface area (Å²) in [7, 11) is 0. The van der Waals surface area contributed by atoms with Crippen molar-refractivity contribution >= 4 is 77.3 Å². The maximum atomic E-state index is 13.9. The fourth-order valence-electron chi connectivity index (χ4n) is 11.6. The summed E-state index contributed by atoms with van der Waals surface area (Å²) in [5, 5.41) is 42.3. The molecule has 0 saturated carbocycles. The van der Waals surface area contributed by atoms with E-state index in [0.717, 1.165) is 49.7 Å². The number of alkyl carbamates (subject to hydrolysis) is 1. The lowest BCUT2D eigenvalue weighted by molar-refractivity contribution is -0.145. The highest BCUT2D eigenvalue weighted by molar-refractivity contribution is 5.88. The maximum Gasteiger partial charge on any atom is 0.451 e. The van der Waals surface area contributed by atoms with Crippen molar-refractivity contribution in [2.45, 2.75) is 141 Å². The van der Waals surface area contributed by atoms with Crippen LogP contribution in [-0.2, 0) is 49.1 Å². The van der Waals surface area contributed by atoms with Crippen molar-refractivity contribution in [2.24, 2.45) is 34.0 Å². The van der Waals surface area contributed by atoms with Crippen LogP contribution < -0.4 is 63.4 Å². The molecule has 4 aliphatic heterocycles. The number of aromatic nitrogens is 6. The first-order chi connectivity index (χ1) is 48.5. The number of halogens is 7. The summed E-state index contributed by atoms with van der Waals surface area (Å²) in [6, 6.07) is 21.8. The second kappa shape index (κ2) is 39.2. The molecular formula is C68H91ClF6N22O6. The Morgan fingerprint density at radius 2 is 1.01 bits per heavy atom. The van der Waals surface area contributed by atoms with Gasteiger partial charge in [-0.05, 0) is 151 Å². The molecule has 5 aromatic rings. The first-order valence-corrected chi connectivity index (χ1v) is 33.9. The standard InChI is InChI=1S/C34H45F3N8O4.C30H39F3N10O2.C4H6N4.ClH/c1-33(2,3)49-32(48)41-17-16-39-29(46)6-4-5-23-12-18-44(19-13-23)27-21-28(43-31(42-27)34(35,36)37)45-20-14-26(45)30(47)40-15-11-24-7-9-25(22-38)10-8-24;31-30(32,33)28-40-24(42-15-9-20(10-16-42)2-1-3-26(44)37-13-14-39-29(35)36)18-25(41-28)43-17-11-23(43)27(45)38-12-8-21-4-6-22(19-34)7-5-21;5-4(6)8-3-1-2-7-8;/h7-10,21,23,26H,4-6,11-20H2,1-3H3,(H,39,46)(H,40,47)(H,41,48);4-7,18,20,23H,1-3,8-17H2,(H,37,44)(H,38,45)(H4,35,36,39);1-3H,(H3,5,6);1H/t26-;23-;;/m00../s1. The number of carbonyl (C=O) groups excluding carboxylic acids is 5. The van der Waals surface area contributed by atoms with Gasteiger partial charge in [0.2, 0.25) is 41.2 Å². The number of guanidine groups is 1. The van der Waals surface area contributed by atoms with E-state index in [1.54, 1.807) is 79.4 Å². The van der Waals surface area contributed by atoms with Crippen LogP contribution >= 0.6 is 12.4 Å². The van der Waals surface area contributed by atoms with Gasteiger partial charge in [-0.2, -0.15) is 42.0 Å². The number of hydrogen-bond donors (Lipinski definition) is 9. The minimum atomic E-state index is -4.75. The molecule has 2 aromatic carbocycles. The van der Waals surface area contributed by atoms with Crippen molar-refractivity contribution in [3.05, 3.63) is 113 Å². The van der Waals surface area contributed by atoms with Gasteiger partial charge in [0.25, 0.3) is 0 Å². The molecule has 12 N–H and O–H groups in total. The van der Waals surface area contributed by atoms with Crippen molar-refractivity contribution in [1.29, 1.82) is 15.9 Å². The van der Waals surface area contributed by atoms with Gasteiger partial charge in [-0.3, -0.25) is 29.6 Å². The molecule has 0 radical (unpaired) electrons. The summed E-state index contributed by atoms with van der Waals surface area (Å²) in [4.78, 5) is 87.8. The van der Waals surface area contributed by atoms with E-state index < -0.39 is 47.8 Å². The number of anilines is 4. The van der Waals surface area contributed by atoms with Crippen molar-refractivity contribution < 1.29 is 55.1 Å². The molecule has 3 aromatic heterocycles. The Morgan fingerprint density at radius 3 is 1.36 bits per heavy atom. The molecule has 0 unspecified atom stereocenters. The number of ether oxygens (including phenoxy) is 1. The predicted octanol–water partition coefficient (Wildman–Crippen LogP) is 6.46. The lowest BCUT2D eigenvalue weighted by atomic mass is 9.91. The third-order valence-electron chi connectivity index (χ3n) is 17.2. The van der Waals surface area contributed by atoms with Crippen LogP contribution in [0.25, 0.3) is 0 Å². The average Bonchev–Trinajstić information content (AvgIpc) is 0.925. The lowest BCUT2D eigenvalue weighted by Gasteiger charge is -2.41. The Morgan fingerprint density at radius 1 is 0.592 bits per heavy atom. The van der Waals surface area contributed by atoms with Crippen molar-refractivity contribution in [3.63, 3.8) is 0 Å². The molecule has 4 saturated heterocycles. The number of piperidine rings is 2. The van der Waals surface area contributed by atoms with Gasteiger partial charge >= 0.3 is 18.4 Å². The predicted molar refractivity (Wildman–Crippen MR) is 377 cm³/mol. The molecule has 103 heavy (non-hydrogen) atoms. The Bertz CT molecular complexity index is 3700. The summed E-state index contributed by atoms with van der Waals surface area (Å²) in [6.07, 6.45) is 2.06. The van der Waals surface area contributed by atoms with Crippen LogP contribution in [-0.4, -0.2) is 168 Å². The topological polar surface area (TPSA) is 399 Å². The molecule has 28 nitrogen and oxygen atoms in total. The van der Waals surface area contributed by atoms with E-state index in [4.69, 9.17) is 37.9 Å². The maximum absolute atomic E-state index is 13.9. The number of nitriles is 2. The van der Waals surface area contributed by atoms with Crippen molar-refractivity contribution in [1.82, 2.24) is 56.3 Å². The molecular weight excluding hydrogens is 1370 g/mol. The summed E-state index contributed by atoms with van der Waals surface area (Å²) in [6.45, 7) is 10.1. The highest BCUT2D eigenvalue weighted by Crippen LogP contribution is 2.37. The highest BCUT2D eigenvalue weighted by atomic mass is 35.5. The smallest absolute Gasteiger partial charge is 0.444 e. The van der Waals surface area contributed by atoms with Gasteiger partial charge in [0, 0.05) is 109 Å². The number of alkyl halides is 6. The number of nitrogen functional groups attached to an aromatic ring is 1. The van der Waals surface area contributed by atoms with Gasteiger partial charge < -0.3 is 68.1 Å². The van der Waals surface area contributed by atoms with Gasteiger partial charge in [-0.25, -0.2) is 29.4 Å². The average molecular weight is 1460 g/mol. The summed E-state index contributed by atoms with van der Waals surface area (Å²) < 4.78 is 89.5. The number of amides is 5. The molecule has 7 heterocycles. The fraction of sp³-hybridized carbons (Fsp3) is 0.529. The van der Waals surface area contributed by atoms with E-state index in [9.17, 15) is 50.3 Å². The Kier molecular flexibility index (Phi) is 31.1. The van der Waals surface area contributed by atoms with Crippen LogP contribution in [0.1, 0.15) is 132 Å². The minimum Gasteiger partial charge on any atom is -0.444 e. The number of benzene rings is 2. The zero-order valence-corrected chi connectivity index (χ0v) is 58.7. The molecule has 35 heteroatoms. The van der Waals surface area contributed by atoms with Gasteiger partial charge in [-0.1, -0.05) is 24.3 Å². The van der Waals surface area contributed by atoms with Crippen LogP contribution in [0.5, 0.6) is 0 Å². The van der Waals surface area contributed by atoms with Crippen LogP contribution in [0.2, 0.25) is 0 Å². The van der Waals surface area contributed by atoms with E-state index in [1.807, 2.05) is 34.1 Å². The molecule has 5 amide bonds. The van der Waals surface area contributed by atoms with E-state index >= 15 is 0 Å². The van der Waals surface area contributed by atoms with Gasteiger partial charge in [0.1, 0.15) is 41.0 Å². The van der Waals surface area contributed by atoms with Crippen LogP contribution in [0.4, 0.5) is 54.4 Å². The zero-order valence-electron chi connectivity index (χ0n) is 57.9. The van der Waals surface area contributed by atoms with Crippen molar-refractivity contribution in [3.8, 4) is 12.1 Å². The second-order valence-corrected chi connectivity index (χ2v) is 25.9. The van der Waals surface area contributed by atoms with Gasteiger partial charge in [-0.15, -0.1) is 12.4 Å². The number of nitrogens with two attached hydrogens (primary N) is 3. The molecule has 9 rings (SSSR count). The SMILES string of the molecule is CC(C)(C)OC(=O)NCCNC(=O)CCCC1CCN(c2cc(N3CC[C@H]3C(=O)NCCc3ccc(C#N)cc3)nc(C(F)(F)F)n2)CC1.Cl.N#Cc1ccc(CCNC(=O)[C@@H]2CCN2c2cc(N3CCC(CCCC(=O)NCCN=C(N)N)CC3)nc(C(F)(F)F)n2)cc1.N=C(N)n1cccn1. The van der Waals surface area contributed by atoms with Crippen LogP contribution in [0.3, 0.4) is 0 Å². The number of rotatable bonds is 26. The molecule has 4 fully saturated rings. The molecule has 558 valence electrons. The Balaban J connectivity index is 0.000000289. The van der Waals surface area contributed by atoms with E-state index in [0.29, 0.717) is 146 Å². The molecule has 2 atom stereocenters. The summed E-state index contributed by atoms with van der Waals surface area (Å²) in [5.41, 5.74) is 18.0. The molecule has 0 bridgehead atoms. The van der Waals surface area contributed by atoms with E-state index in [-0.39, 0.29) is 77.8 Å². The Labute approximate surface area is 600 Å². The molecule has 4 aliphatic rings. The largest absolute Gasteiger partial charge is 0.451 e.